The van der Waals surface area contributed by atoms with Gasteiger partial charge in [-0.2, -0.15) is 0 Å². The highest BCUT2D eigenvalue weighted by Crippen LogP contribution is 2.24. The highest BCUT2D eigenvalue weighted by Gasteiger charge is 2.25. The zero-order valence-corrected chi connectivity index (χ0v) is 11.7. The molecule has 7 heteroatoms. The van der Waals surface area contributed by atoms with Crippen LogP contribution >= 0.6 is 0 Å². The summed E-state index contributed by atoms with van der Waals surface area (Å²) in [6.07, 6.45) is 2.40. The van der Waals surface area contributed by atoms with Crippen LogP contribution in [0.25, 0.3) is 0 Å². The summed E-state index contributed by atoms with van der Waals surface area (Å²) in [7, 11) is 2.00. The Hall–Kier alpha value is -2.15. The average Bonchev–Trinajstić information content (AvgIpc) is 3.25. The number of amides is 2. The number of urea groups is 1. The molecule has 2 amide bonds. The van der Waals surface area contributed by atoms with Gasteiger partial charge < -0.3 is 20.6 Å². The first-order valence-electron chi connectivity index (χ1n) is 6.75. The van der Waals surface area contributed by atoms with E-state index in [-0.39, 0.29) is 11.3 Å². The lowest BCUT2D eigenvalue weighted by atomic mass is 10.2. The Kier molecular flexibility index (Phi) is 4.74. The largest absolute Gasteiger partial charge is 0.478 e. The van der Waals surface area contributed by atoms with E-state index in [1.807, 2.05) is 7.05 Å². The Labute approximate surface area is 121 Å². The number of carboxylic acids is 1. The maximum Gasteiger partial charge on any atom is 0.335 e. The van der Waals surface area contributed by atoms with Crippen molar-refractivity contribution in [1.29, 1.82) is 0 Å². The smallest absolute Gasteiger partial charge is 0.335 e. The number of benzene rings is 1. The number of aromatic carboxylic acids is 1. The van der Waals surface area contributed by atoms with Crippen molar-refractivity contribution < 1.29 is 19.1 Å². The molecule has 21 heavy (non-hydrogen) atoms. The number of carboxylic acid groups (broad SMARTS) is 1. The maximum atomic E-state index is 13.6. The van der Waals surface area contributed by atoms with Crippen LogP contribution in [0.1, 0.15) is 23.2 Å². The minimum atomic E-state index is -1.21. The van der Waals surface area contributed by atoms with Crippen LogP contribution in [-0.2, 0) is 0 Å². The zero-order valence-electron chi connectivity index (χ0n) is 11.7. The lowest BCUT2D eigenvalue weighted by Crippen LogP contribution is -2.36. The molecular weight excluding hydrogens is 277 g/mol. The van der Waals surface area contributed by atoms with Gasteiger partial charge in [0.15, 0.2) is 0 Å². The van der Waals surface area contributed by atoms with Gasteiger partial charge in [0.25, 0.3) is 0 Å². The van der Waals surface area contributed by atoms with Gasteiger partial charge in [-0.15, -0.1) is 0 Å². The molecule has 0 bridgehead atoms. The topological polar surface area (TPSA) is 81.7 Å². The minimum absolute atomic E-state index is 0.0481. The number of carbonyl (C=O) groups is 2. The predicted octanol–water partition coefficient (Wildman–Crippen LogP) is 1.74. The first kappa shape index (κ1) is 15.2. The molecule has 1 aromatic rings. The van der Waals surface area contributed by atoms with Crippen LogP contribution in [0.4, 0.5) is 14.9 Å². The van der Waals surface area contributed by atoms with Crippen molar-refractivity contribution in [3.63, 3.8) is 0 Å². The molecule has 2 rings (SSSR count). The Morgan fingerprint density at radius 3 is 2.71 bits per heavy atom. The lowest BCUT2D eigenvalue weighted by Gasteiger charge is -2.16. The number of nitrogens with zero attached hydrogens (tertiary/aromatic N) is 1. The van der Waals surface area contributed by atoms with E-state index in [1.165, 1.54) is 25.0 Å². The molecule has 0 aliphatic heterocycles. The van der Waals surface area contributed by atoms with Gasteiger partial charge in [-0.05, 0) is 38.1 Å². The number of likely N-dealkylation sites (N-methyl/N-ethyl adjacent to an activating group) is 1. The zero-order chi connectivity index (χ0) is 15.4. The molecule has 0 spiro atoms. The van der Waals surface area contributed by atoms with Crippen molar-refractivity contribution >= 4 is 17.7 Å². The summed E-state index contributed by atoms with van der Waals surface area (Å²) in [5.41, 5.74) is -0.211. The van der Waals surface area contributed by atoms with Crippen LogP contribution in [0.2, 0.25) is 0 Å². The van der Waals surface area contributed by atoms with E-state index in [2.05, 4.69) is 15.5 Å². The van der Waals surface area contributed by atoms with Crippen molar-refractivity contribution in [3.8, 4) is 0 Å². The Bertz CT molecular complexity index is 546. The summed E-state index contributed by atoms with van der Waals surface area (Å²) in [6.45, 7) is 1.20. The SMILES string of the molecule is CN(CCNC(=O)Nc1ccc(C(=O)O)cc1F)C1CC1. The van der Waals surface area contributed by atoms with Crippen molar-refractivity contribution in [2.24, 2.45) is 0 Å². The van der Waals surface area contributed by atoms with Gasteiger partial charge in [-0.3, -0.25) is 0 Å². The predicted molar refractivity (Wildman–Crippen MR) is 76.0 cm³/mol. The number of carbonyl (C=O) groups excluding carboxylic acids is 1. The van der Waals surface area contributed by atoms with Gasteiger partial charge in [0, 0.05) is 19.1 Å². The van der Waals surface area contributed by atoms with E-state index < -0.39 is 17.8 Å². The van der Waals surface area contributed by atoms with Gasteiger partial charge in [-0.1, -0.05) is 0 Å². The molecule has 0 heterocycles. The third kappa shape index (κ3) is 4.42. The first-order chi connectivity index (χ1) is 9.97. The molecule has 1 aliphatic rings. The molecule has 3 N–H and O–H groups in total. The van der Waals surface area contributed by atoms with Gasteiger partial charge in [0.1, 0.15) is 5.82 Å². The molecule has 0 unspecified atom stereocenters. The molecule has 0 saturated heterocycles. The highest BCUT2D eigenvalue weighted by molar-refractivity contribution is 5.91. The van der Waals surface area contributed by atoms with Crippen LogP contribution in [0, 0.1) is 5.82 Å². The van der Waals surface area contributed by atoms with Crippen LogP contribution in [0.3, 0.4) is 0 Å². The fraction of sp³-hybridized carbons (Fsp3) is 0.429. The van der Waals surface area contributed by atoms with E-state index in [1.54, 1.807) is 0 Å². The van der Waals surface area contributed by atoms with Gasteiger partial charge in [0.05, 0.1) is 11.3 Å². The van der Waals surface area contributed by atoms with Crippen molar-refractivity contribution in [2.45, 2.75) is 18.9 Å². The number of halogens is 1. The van der Waals surface area contributed by atoms with Crippen molar-refractivity contribution in [2.75, 3.05) is 25.5 Å². The second kappa shape index (κ2) is 6.53. The van der Waals surface area contributed by atoms with Gasteiger partial charge in [-0.25, -0.2) is 14.0 Å². The number of hydrogen-bond acceptors (Lipinski definition) is 3. The second-order valence-electron chi connectivity index (χ2n) is 5.09. The van der Waals surface area contributed by atoms with E-state index in [0.29, 0.717) is 12.6 Å². The summed E-state index contributed by atoms with van der Waals surface area (Å²) < 4.78 is 13.6. The number of anilines is 1. The lowest BCUT2D eigenvalue weighted by molar-refractivity contribution is 0.0696. The molecule has 0 aromatic heterocycles. The number of nitrogens with one attached hydrogen (secondary N) is 2. The summed E-state index contributed by atoms with van der Waals surface area (Å²) in [5.74, 6) is -1.99. The molecule has 1 fully saturated rings. The average molecular weight is 295 g/mol. The van der Waals surface area contributed by atoms with Gasteiger partial charge in [0.2, 0.25) is 0 Å². The first-order valence-corrected chi connectivity index (χ1v) is 6.75. The molecule has 114 valence electrons. The van der Waals surface area contributed by atoms with E-state index >= 15 is 0 Å². The Balaban J connectivity index is 1.80. The number of hydrogen-bond donors (Lipinski definition) is 3. The van der Waals surface area contributed by atoms with Crippen LogP contribution in [-0.4, -0.2) is 48.2 Å². The monoisotopic (exact) mass is 295 g/mol. The van der Waals surface area contributed by atoms with Crippen molar-refractivity contribution in [1.82, 2.24) is 10.2 Å². The second-order valence-corrected chi connectivity index (χ2v) is 5.09. The molecule has 1 aromatic carbocycles. The summed E-state index contributed by atoms with van der Waals surface area (Å²) in [5, 5.41) is 13.7. The molecule has 0 radical (unpaired) electrons. The van der Waals surface area contributed by atoms with Crippen LogP contribution in [0.15, 0.2) is 18.2 Å². The fourth-order valence-electron chi connectivity index (χ4n) is 1.96. The van der Waals surface area contributed by atoms with E-state index in [9.17, 15) is 14.0 Å². The van der Waals surface area contributed by atoms with E-state index in [0.717, 1.165) is 12.6 Å². The minimum Gasteiger partial charge on any atom is -0.478 e. The highest BCUT2D eigenvalue weighted by atomic mass is 19.1. The standard InChI is InChI=1S/C14H18FN3O3/c1-18(10-3-4-10)7-6-16-14(21)17-12-5-2-9(13(19)20)8-11(12)15/h2,5,8,10H,3-4,6-7H2,1H3,(H,19,20)(H2,16,17,21). The quantitative estimate of drug-likeness (QED) is 0.746. The van der Waals surface area contributed by atoms with Crippen LogP contribution < -0.4 is 10.6 Å². The van der Waals surface area contributed by atoms with Gasteiger partial charge >= 0.3 is 12.0 Å². The Morgan fingerprint density at radius 1 is 1.43 bits per heavy atom. The maximum absolute atomic E-state index is 13.6. The van der Waals surface area contributed by atoms with E-state index in [4.69, 9.17) is 5.11 Å². The molecule has 6 nitrogen and oxygen atoms in total. The summed E-state index contributed by atoms with van der Waals surface area (Å²) >= 11 is 0. The molecule has 1 aliphatic carbocycles. The molecule has 1 saturated carbocycles. The Morgan fingerprint density at radius 2 is 2.14 bits per heavy atom. The summed E-state index contributed by atoms with van der Waals surface area (Å²) in [4.78, 5) is 24.5. The number of rotatable bonds is 6. The fourth-order valence-corrected chi connectivity index (χ4v) is 1.96. The molecular formula is C14H18FN3O3. The van der Waals surface area contributed by atoms with Crippen molar-refractivity contribution in [3.05, 3.63) is 29.6 Å². The normalized spacial score (nSPS) is 14.0. The van der Waals surface area contributed by atoms with Crippen LogP contribution in [0.5, 0.6) is 0 Å². The molecule has 0 atom stereocenters. The third-order valence-corrected chi connectivity index (χ3v) is 3.38. The summed E-state index contributed by atoms with van der Waals surface area (Å²) in [6, 6.07) is 3.45. The third-order valence-electron chi connectivity index (χ3n) is 3.38.